The standard InChI is InChI=1S/C19H19N3O3S/c23-17(21-12-15-5-3-11-26-15)7-9-20-18(24)13-22-10-8-14-4-1-2-6-16(14)19(22)25/h1-6,8,10-11H,7,9,12-13H2,(H,20,24)(H,21,23). The monoisotopic (exact) mass is 369 g/mol. The van der Waals surface area contributed by atoms with Crippen molar-refractivity contribution in [2.24, 2.45) is 0 Å². The van der Waals surface area contributed by atoms with Gasteiger partial charge in [0.25, 0.3) is 5.56 Å². The van der Waals surface area contributed by atoms with Gasteiger partial charge in [0.1, 0.15) is 6.54 Å². The first-order valence-corrected chi connectivity index (χ1v) is 9.15. The molecule has 0 aliphatic heterocycles. The average Bonchev–Trinajstić information content (AvgIpc) is 3.16. The fourth-order valence-electron chi connectivity index (χ4n) is 2.57. The van der Waals surface area contributed by atoms with Gasteiger partial charge in [0.15, 0.2) is 0 Å². The van der Waals surface area contributed by atoms with E-state index in [0.717, 1.165) is 10.3 Å². The Balaban J connectivity index is 1.46. The van der Waals surface area contributed by atoms with Crippen LogP contribution in [0.15, 0.2) is 58.8 Å². The van der Waals surface area contributed by atoms with Gasteiger partial charge in [-0.05, 0) is 29.0 Å². The smallest absolute Gasteiger partial charge is 0.258 e. The highest BCUT2D eigenvalue weighted by molar-refractivity contribution is 7.09. The molecule has 0 saturated carbocycles. The van der Waals surface area contributed by atoms with E-state index in [1.165, 1.54) is 4.57 Å². The van der Waals surface area contributed by atoms with Crippen LogP contribution in [-0.4, -0.2) is 22.9 Å². The van der Waals surface area contributed by atoms with E-state index in [2.05, 4.69) is 10.6 Å². The van der Waals surface area contributed by atoms with E-state index >= 15 is 0 Å². The Morgan fingerprint density at radius 3 is 2.65 bits per heavy atom. The average molecular weight is 369 g/mol. The molecule has 0 aliphatic rings. The number of benzene rings is 1. The lowest BCUT2D eigenvalue weighted by molar-refractivity contribution is -0.122. The van der Waals surface area contributed by atoms with Crippen LogP contribution in [0.1, 0.15) is 11.3 Å². The molecule has 0 spiro atoms. The summed E-state index contributed by atoms with van der Waals surface area (Å²) < 4.78 is 1.37. The van der Waals surface area contributed by atoms with E-state index in [1.54, 1.807) is 29.7 Å². The van der Waals surface area contributed by atoms with Gasteiger partial charge in [0.2, 0.25) is 11.8 Å². The number of nitrogens with one attached hydrogen (secondary N) is 2. The second-order valence-corrected chi connectivity index (χ2v) is 6.82. The van der Waals surface area contributed by atoms with Crippen LogP contribution in [0.4, 0.5) is 0 Å². The first-order chi connectivity index (χ1) is 12.6. The second kappa shape index (κ2) is 8.44. The Morgan fingerprint density at radius 1 is 1.00 bits per heavy atom. The third-order valence-corrected chi connectivity index (χ3v) is 4.79. The molecule has 0 unspecified atom stereocenters. The lowest BCUT2D eigenvalue weighted by Crippen LogP contribution is -2.34. The summed E-state index contributed by atoms with van der Waals surface area (Å²) in [6, 6.07) is 12.9. The molecule has 6 nitrogen and oxygen atoms in total. The van der Waals surface area contributed by atoms with Gasteiger partial charge >= 0.3 is 0 Å². The van der Waals surface area contributed by atoms with Gasteiger partial charge in [-0.15, -0.1) is 11.3 Å². The Morgan fingerprint density at radius 2 is 1.85 bits per heavy atom. The molecule has 2 N–H and O–H groups in total. The second-order valence-electron chi connectivity index (χ2n) is 5.79. The predicted molar refractivity (Wildman–Crippen MR) is 102 cm³/mol. The Kier molecular flexibility index (Phi) is 5.80. The van der Waals surface area contributed by atoms with Crippen molar-refractivity contribution in [3.63, 3.8) is 0 Å². The Hall–Kier alpha value is -2.93. The summed E-state index contributed by atoms with van der Waals surface area (Å²) in [7, 11) is 0. The lowest BCUT2D eigenvalue weighted by Gasteiger charge is -2.09. The van der Waals surface area contributed by atoms with Crippen LogP contribution in [0.2, 0.25) is 0 Å². The molecule has 7 heteroatoms. The van der Waals surface area contributed by atoms with E-state index in [9.17, 15) is 14.4 Å². The molecular weight excluding hydrogens is 350 g/mol. The van der Waals surface area contributed by atoms with E-state index in [0.29, 0.717) is 11.9 Å². The minimum atomic E-state index is -0.298. The van der Waals surface area contributed by atoms with Crippen molar-refractivity contribution in [1.82, 2.24) is 15.2 Å². The number of fused-ring (bicyclic) bond motifs is 1. The van der Waals surface area contributed by atoms with Gasteiger partial charge < -0.3 is 15.2 Å². The third kappa shape index (κ3) is 4.58. The zero-order valence-corrected chi connectivity index (χ0v) is 14.9. The van der Waals surface area contributed by atoms with Crippen LogP contribution in [0, 0.1) is 0 Å². The van der Waals surface area contributed by atoms with Crippen LogP contribution in [0.3, 0.4) is 0 Å². The van der Waals surface area contributed by atoms with Crippen LogP contribution in [0.25, 0.3) is 10.8 Å². The van der Waals surface area contributed by atoms with Gasteiger partial charge in [0, 0.05) is 29.4 Å². The number of amides is 2. The molecule has 0 atom stereocenters. The molecule has 2 amide bonds. The van der Waals surface area contributed by atoms with E-state index in [-0.39, 0.29) is 36.9 Å². The molecule has 26 heavy (non-hydrogen) atoms. The fourth-order valence-corrected chi connectivity index (χ4v) is 3.21. The predicted octanol–water partition coefficient (Wildman–Crippen LogP) is 1.89. The minimum absolute atomic E-state index is 0.0690. The maximum Gasteiger partial charge on any atom is 0.258 e. The number of hydrogen-bond acceptors (Lipinski definition) is 4. The summed E-state index contributed by atoms with van der Waals surface area (Å²) in [4.78, 5) is 37.2. The number of thiophene rings is 1. The zero-order valence-electron chi connectivity index (χ0n) is 14.1. The molecule has 0 fully saturated rings. The van der Waals surface area contributed by atoms with Gasteiger partial charge in [0.05, 0.1) is 6.54 Å². The van der Waals surface area contributed by atoms with E-state index in [1.807, 2.05) is 35.7 Å². The number of nitrogens with zero attached hydrogens (tertiary/aromatic N) is 1. The van der Waals surface area contributed by atoms with Gasteiger partial charge in [-0.3, -0.25) is 14.4 Å². The maximum absolute atomic E-state index is 12.4. The highest BCUT2D eigenvalue weighted by Gasteiger charge is 2.08. The largest absolute Gasteiger partial charge is 0.354 e. The molecule has 0 radical (unpaired) electrons. The number of rotatable bonds is 7. The van der Waals surface area contributed by atoms with Crippen LogP contribution >= 0.6 is 11.3 Å². The minimum Gasteiger partial charge on any atom is -0.354 e. The first-order valence-electron chi connectivity index (χ1n) is 8.27. The highest BCUT2D eigenvalue weighted by Crippen LogP contribution is 2.08. The molecule has 0 aliphatic carbocycles. The molecule has 3 aromatic rings. The Bertz CT molecular complexity index is 964. The first kappa shape index (κ1) is 17.9. The number of aromatic nitrogens is 1. The number of hydrogen-bond donors (Lipinski definition) is 2. The highest BCUT2D eigenvalue weighted by atomic mass is 32.1. The summed E-state index contributed by atoms with van der Waals surface area (Å²) in [5.41, 5.74) is -0.202. The summed E-state index contributed by atoms with van der Waals surface area (Å²) in [5, 5.41) is 8.85. The molecule has 2 heterocycles. The van der Waals surface area contributed by atoms with Crippen LogP contribution in [0.5, 0.6) is 0 Å². The van der Waals surface area contributed by atoms with Crippen molar-refractivity contribution >= 4 is 33.9 Å². The SMILES string of the molecule is O=C(CCNC(=O)Cn1ccc2ccccc2c1=O)NCc1cccs1. The van der Waals surface area contributed by atoms with Gasteiger partial charge in [-0.25, -0.2) is 0 Å². The number of pyridine rings is 1. The van der Waals surface area contributed by atoms with Gasteiger partial charge in [-0.1, -0.05) is 24.3 Å². The van der Waals surface area contributed by atoms with Gasteiger partial charge in [-0.2, -0.15) is 0 Å². The Labute approximate surface area is 154 Å². The van der Waals surface area contributed by atoms with Crippen molar-refractivity contribution in [2.75, 3.05) is 6.54 Å². The molecule has 2 aromatic heterocycles. The maximum atomic E-state index is 12.4. The lowest BCUT2D eigenvalue weighted by atomic mass is 10.2. The topological polar surface area (TPSA) is 80.2 Å². The van der Waals surface area contributed by atoms with Crippen molar-refractivity contribution in [1.29, 1.82) is 0 Å². The van der Waals surface area contributed by atoms with Crippen molar-refractivity contribution in [3.05, 3.63) is 69.3 Å². The molecule has 1 aromatic carbocycles. The van der Waals surface area contributed by atoms with Crippen molar-refractivity contribution in [3.8, 4) is 0 Å². The fraction of sp³-hybridized carbons (Fsp3) is 0.211. The van der Waals surface area contributed by atoms with Crippen molar-refractivity contribution in [2.45, 2.75) is 19.5 Å². The van der Waals surface area contributed by atoms with Crippen LogP contribution < -0.4 is 16.2 Å². The zero-order chi connectivity index (χ0) is 18.4. The molecular formula is C19H19N3O3S. The quantitative estimate of drug-likeness (QED) is 0.667. The number of carbonyl (C=O) groups excluding carboxylic acids is 2. The summed E-state index contributed by atoms with van der Waals surface area (Å²) in [5.74, 6) is -0.421. The number of carbonyl (C=O) groups is 2. The van der Waals surface area contributed by atoms with Crippen molar-refractivity contribution < 1.29 is 9.59 Å². The van der Waals surface area contributed by atoms with E-state index in [4.69, 9.17) is 0 Å². The van der Waals surface area contributed by atoms with E-state index < -0.39 is 0 Å². The summed E-state index contributed by atoms with van der Waals surface area (Å²) in [6.45, 7) is 0.662. The normalized spacial score (nSPS) is 10.6. The third-order valence-electron chi connectivity index (χ3n) is 3.91. The van der Waals surface area contributed by atoms with Crippen LogP contribution in [-0.2, 0) is 22.7 Å². The summed E-state index contributed by atoms with van der Waals surface area (Å²) >= 11 is 1.58. The molecule has 3 rings (SSSR count). The molecule has 0 bridgehead atoms. The molecule has 0 saturated heterocycles. The summed E-state index contributed by atoms with van der Waals surface area (Å²) in [6.07, 6.45) is 1.81. The molecule has 134 valence electrons.